The predicted octanol–water partition coefficient (Wildman–Crippen LogP) is 2.38. The third-order valence-corrected chi connectivity index (χ3v) is 3.75. The molecular weight excluding hydrogens is 212 g/mol. The molecule has 0 atom stereocenters. The second-order valence-electron chi connectivity index (χ2n) is 5.57. The summed E-state index contributed by atoms with van der Waals surface area (Å²) < 4.78 is 0. The summed E-state index contributed by atoms with van der Waals surface area (Å²) in [6, 6.07) is 4.18. The number of hydrogen-bond acceptors (Lipinski definition) is 3. The van der Waals surface area contributed by atoms with Gasteiger partial charge in [-0.15, -0.1) is 0 Å². The van der Waals surface area contributed by atoms with Crippen LogP contribution in [0.3, 0.4) is 0 Å². The van der Waals surface area contributed by atoms with Gasteiger partial charge in [0, 0.05) is 18.8 Å². The van der Waals surface area contributed by atoms with Crippen LogP contribution >= 0.6 is 0 Å². The normalized spacial score (nSPS) is 18.5. The number of aryl methyl sites for hydroxylation is 1. The molecule has 0 bridgehead atoms. The summed E-state index contributed by atoms with van der Waals surface area (Å²) in [4.78, 5) is 6.69. The van der Waals surface area contributed by atoms with Crippen LogP contribution < -0.4 is 4.90 Å². The average molecular weight is 234 g/mol. The Hall–Kier alpha value is -1.09. The first-order chi connectivity index (χ1) is 7.97. The van der Waals surface area contributed by atoms with E-state index in [2.05, 4.69) is 22.0 Å². The highest BCUT2D eigenvalue weighted by atomic mass is 16.3. The van der Waals surface area contributed by atoms with Crippen molar-refractivity contribution >= 4 is 5.69 Å². The van der Waals surface area contributed by atoms with Gasteiger partial charge < -0.3 is 10.0 Å². The van der Waals surface area contributed by atoms with Crippen molar-refractivity contribution in [1.82, 2.24) is 4.98 Å². The molecule has 1 saturated heterocycles. The van der Waals surface area contributed by atoms with Gasteiger partial charge >= 0.3 is 0 Å². The van der Waals surface area contributed by atoms with Gasteiger partial charge in [0.15, 0.2) is 0 Å². The van der Waals surface area contributed by atoms with Gasteiger partial charge in [-0.1, -0.05) is 0 Å². The summed E-state index contributed by atoms with van der Waals surface area (Å²) in [6.07, 6.45) is 4.05. The molecule has 0 aromatic carbocycles. The molecule has 1 N–H and O–H groups in total. The van der Waals surface area contributed by atoms with Crippen LogP contribution in [-0.4, -0.2) is 28.8 Å². The Balaban J connectivity index is 1.97. The molecule has 0 radical (unpaired) electrons. The highest BCUT2D eigenvalue weighted by Crippen LogP contribution is 2.29. The smallest absolute Gasteiger partial charge is 0.0621 e. The zero-order valence-corrected chi connectivity index (χ0v) is 11.0. The van der Waals surface area contributed by atoms with Crippen molar-refractivity contribution in [3.8, 4) is 0 Å². The molecule has 1 aromatic rings. The molecule has 94 valence electrons. The highest BCUT2D eigenvalue weighted by Gasteiger charge is 2.30. The number of piperidine rings is 1. The van der Waals surface area contributed by atoms with Gasteiger partial charge in [-0.3, -0.25) is 4.98 Å². The Labute approximate surface area is 103 Å². The SMILES string of the molecule is Cc1ccc(N2CCC(C(C)(C)O)CC2)cn1. The summed E-state index contributed by atoms with van der Waals surface area (Å²) >= 11 is 0. The molecule has 17 heavy (non-hydrogen) atoms. The van der Waals surface area contributed by atoms with E-state index in [1.165, 1.54) is 5.69 Å². The minimum atomic E-state index is -0.544. The second kappa shape index (κ2) is 4.65. The number of pyridine rings is 1. The fourth-order valence-corrected chi connectivity index (χ4v) is 2.49. The lowest BCUT2D eigenvalue weighted by atomic mass is 9.83. The Morgan fingerprint density at radius 1 is 1.29 bits per heavy atom. The highest BCUT2D eigenvalue weighted by molar-refractivity contribution is 5.44. The molecule has 2 heterocycles. The molecule has 1 aromatic heterocycles. The van der Waals surface area contributed by atoms with Gasteiger partial charge in [-0.05, 0) is 51.7 Å². The standard InChI is InChI=1S/C14H22N2O/c1-11-4-5-13(10-15-11)16-8-6-12(7-9-16)14(2,3)17/h4-5,10,12,17H,6-9H2,1-3H3. The maximum Gasteiger partial charge on any atom is 0.0621 e. The fourth-order valence-electron chi connectivity index (χ4n) is 2.49. The van der Waals surface area contributed by atoms with E-state index in [4.69, 9.17) is 0 Å². The third kappa shape index (κ3) is 2.97. The van der Waals surface area contributed by atoms with Crippen LogP contribution in [0.2, 0.25) is 0 Å². The van der Waals surface area contributed by atoms with Crippen molar-refractivity contribution in [1.29, 1.82) is 0 Å². The molecule has 0 unspecified atom stereocenters. The number of hydrogen-bond donors (Lipinski definition) is 1. The van der Waals surface area contributed by atoms with Crippen molar-refractivity contribution in [2.24, 2.45) is 5.92 Å². The van der Waals surface area contributed by atoms with E-state index in [9.17, 15) is 5.11 Å². The summed E-state index contributed by atoms with van der Waals surface area (Å²) in [7, 11) is 0. The lowest BCUT2D eigenvalue weighted by Gasteiger charge is -2.38. The zero-order chi connectivity index (χ0) is 12.5. The number of aliphatic hydroxyl groups is 1. The van der Waals surface area contributed by atoms with Crippen LogP contribution in [0.5, 0.6) is 0 Å². The molecule has 1 aliphatic heterocycles. The zero-order valence-electron chi connectivity index (χ0n) is 11.0. The van der Waals surface area contributed by atoms with Crippen LogP contribution in [-0.2, 0) is 0 Å². The summed E-state index contributed by atoms with van der Waals surface area (Å²) in [5.74, 6) is 0.414. The molecule has 3 nitrogen and oxygen atoms in total. The second-order valence-corrected chi connectivity index (χ2v) is 5.57. The first-order valence-corrected chi connectivity index (χ1v) is 6.37. The fraction of sp³-hybridized carbons (Fsp3) is 0.643. The molecule has 0 saturated carbocycles. The Kier molecular flexibility index (Phi) is 3.38. The molecular formula is C14H22N2O. The molecule has 3 heteroatoms. The van der Waals surface area contributed by atoms with E-state index in [-0.39, 0.29) is 0 Å². The third-order valence-electron chi connectivity index (χ3n) is 3.75. The van der Waals surface area contributed by atoms with Crippen LogP contribution in [0.1, 0.15) is 32.4 Å². The van der Waals surface area contributed by atoms with E-state index in [1.54, 1.807) is 0 Å². The van der Waals surface area contributed by atoms with Gasteiger partial charge in [0.05, 0.1) is 17.5 Å². The van der Waals surface area contributed by atoms with Crippen molar-refractivity contribution < 1.29 is 5.11 Å². The van der Waals surface area contributed by atoms with E-state index < -0.39 is 5.60 Å². The van der Waals surface area contributed by atoms with Crippen LogP contribution in [0.25, 0.3) is 0 Å². The molecule has 1 aliphatic rings. The maximum atomic E-state index is 10.0. The molecule has 0 aliphatic carbocycles. The van der Waals surface area contributed by atoms with Crippen molar-refractivity contribution in [3.63, 3.8) is 0 Å². The summed E-state index contributed by atoms with van der Waals surface area (Å²) in [5, 5.41) is 10.0. The van der Waals surface area contributed by atoms with Gasteiger partial charge in [-0.2, -0.15) is 0 Å². The van der Waals surface area contributed by atoms with Crippen molar-refractivity contribution in [3.05, 3.63) is 24.0 Å². The van der Waals surface area contributed by atoms with Gasteiger partial charge in [0.1, 0.15) is 0 Å². The van der Waals surface area contributed by atoms with Crippen molar-refractivity contribution in [2.75, 3.05) is 18.0 Å². The summed E-state index contributed by atoms with van der Waals surface area (Å²) in [5.41, 5.74) is 1.71. The number of aromatic nitrogens is 1. The van der Waals surface area contributed by atoms with E-state index in [0.717, 1.165) is 31.6 Å². The van der Waals surface area contributed by atoms with Crippen LogP contribution in [0.4, 0.5) is 5.69 Å². The Bertz CT molecular complexity index is 359. The van der Waals surface area contributed by atoms with E-state index >= 15 is 0 Å². The molecule has 0 amide bonds. The Morgan fingerprint density at radius 2 is 1.94 bits per heavy atom. The maximum absolute atomic E-state index is 10.0. The van der Waals surface area contributed by atoms with E-state index in [1.807, 2.05) is 27.0 Å². The predicted molar refractivity (Wildman–Crippen MR) is 70.2 cm³/mol. The quantitative estimate of drug-likeness (QED) is 0.853. The first-order valence-electron chi connectivity index (χ1n) is 6.37. The van der Waals surface area contributed by atoms with Crippen molar-refractivity contribution in [2.45, 2.75) is 39.2 Å². The number of anilines is 1. The van der Waals surface area contributed by atoms with Gasteiger partial charge in [0.25, 0.3) is 0 Å². The lowest BCUT2D eigenvalue weighted by Crippen LogP contribution is -2.41. The molecule has 1 fully saturated rings. The minimum Gasteiger partial charge on any atom is -0.390 e. The Morgan fingerprint density at radius 3 is 2.41 bits per heavy atom. The summed E-state index contributed by atoms with van der Waals surface area (Å²) in [6.45, 7) is 7.87. The monoisotopic (exact) mass is 234 g/mol. The minimum absolute atomic E-state index is 0.414. The average Bonchev–Trinajstić information content (AvgIpc) is 2.29. The number of rotatable bonds is 2. The first kappa shape index (κ1) is 12.4. The molecule has 2 rings (SSSR count). The van der Waals surface area contributed by atoms with Crippen LogP contribution in [0, 0.1) is 12.8 Å². The largest absolute Gasteiger partial charge is 0.390 e. The molecule has 0 spiro atoms. The van der Waals surface area contributed by atoms with Crippen LogP contribution in [0.15, 0.2) is 18.3 Å². The number of nitrogens with zero attached hydrogens (tertiary/aromatic N) is 2. The lowest BCUT2D eigenvalue weighted by molar-refractivity contribution is 0.00651. The van der Waals surface area contributed by atoms with Gasteiger partial charge in [0.2, 0.25) is 0 Å². The van der Waals surface area contributed by atoms with Gasteiger partial charge in [-0.25, -0.2) is 0 Å². The topological polar surface area (TPSA) is 36.4 Å². The van der Waals surface area contributed by atoms with E-state index in [0.29, 0.717) is 5.92 Å².